The molecule has 0 saturated carbocycles. The molecule has 96 valence electrons. The average Bonchev–Trinajstić information content (AvgIpc) is 2.16. The molecule has 4 nitrogen and oxygen atoms in total. The lowest BCUT2D eigenvalue weighted by Crippen LogP contribution is -2.15. The third-order valence-corrected chi connectivity index (χ3v) is 2.17. The van der Waals surface area contributed by atoms with E-state index in [1.807, 2.05) is 32.9 Å². The Balaban J connectivity index is 0.00000256. The zero-order valence-electron chi connectivity index (χ0n) is 10.4. The molecule has 1 unspecified atom stereocenters. The van der Waals surface area contributed by atoms with Gasteiger partial charge in [-0.1, -0.05) is 13.8 Å². The molecule has 0 saturated heterocycles. The molecule has 0 bridgehead atoms. The van der Waals surface area contributed by atoms with Crippen LogP contribution in [0.5, 0.6) is 0 Å². The molecule has 3 N–H and O–H groups in total. The van der Waals surface area contributed by atoms with Gasteiger partial charge in [0.1, 0.15) is 5.82 Å². The molecule has 0 radical (unpaired) electrons. The van der Waals surface area contributed by atoms with Crippen LogP contribution >= 0.6 is 12.4 Å². The summed E-state index contributed by atoms with van der Waals surface area (Å²) in [6.07, 6.45) is 2.16. The smallest absolute Gasteiger partial charge is 0.225 e. The standard InChI is InChI=1S/C12H19N3O.ClH/c1-8(2)6-12(16)15-11-7-10(9(3)13)4-5-14-11;/h4-5,7-9H,6,13H2,1-3H3,(H,14,15,16);1H. The summed E-state index contributed by atoms with van der Waals surface area (Å²) < 4.78 is 0. The average molecular weight is 258 g/mol. The van der Waals surface area contributed by atoms with Gasteiger partial charge in [0.15, 0.2) is 0 Å². The highest BCUT2D eigenvalue weighted by Gasteiger charge is 2.07. The Morgan fingerprint density at radius 2 is 2.12 bits per heavy atom. The van der Waals surface area contributed by atoms with E-state index in [0.29, 0.717) is 18.2 Å². The zero-order valence-corrected chi connectivity index (χ0v) is 11.3. The molecule has 1 aromatic rings. The molecule has 0 fully saturated rings. The number of amides is 1. The van der Waals surface area contributed by atoms with Crippen LogP contribution in [0.3, 0.4) is 0 Å². The van der Waals surface area contributed by atoms with Gasteiger partial charge in [-0.2, -0.15) is 0 Å². The van der Waals surface area contributed by atoms with E-state index in [0.717, 1.165) is 5.56 Å². The monoisotopic (exact) mass is 257 g/mol. The number of nitrogens with one attached hydrogen (secondary N) is 1. The lowest BCUT2D eigenvalue weighted by Gasteiger charge is -2.09. The second kappa shape index (κ2) is 7.25. The number of carbonyl (C=O) groups excluding carboxylic acids is 1. The van der Waals surface area contributed by atoms with E-state index >= 15 is 0 Å². The predicted molar refractivity (Wildman–Crippen MR) is 72.2 cm³/mol. The molecule has 0 spiro atoms. The van der Waals surface area contributed by atoms with E-state index in [1.165, 1.54) is 0 Å². The van der Waals surface area contributed by atoms with Crippen LogP contribution in [0.1, 0.15) is 38.8 Å². The van der Waals surface area contributed by atoms with Crippen LogP contribution in [0, 0.1) is 5.92 Å². The van der Waals surface area contributed by atoms with Crippen molar-refractivity contribution in [1.29, 1.82) is 0 Å². The second-order valence-electron chi connectivity index (χ2n) is 4.41. The van der Waals surface area contributed by atoms with E-state index < -0.39 is 0 Å². The maximum absolute atomic E-state index is 11.5. The number of nitrogens with two attached hydrogens (primary N) is 1. The van der Waals surface area contributed by atoms with Crippen molar-refractivity contribution in [2.45, 2.75) is 33.2 Å². The van der Waals surface area contributed by atoms with Crippen molar-refractivity contribution in [2.24, 2.45) is 11.7 Å². The van der Waals surface area contributed by atoms with Crippen molar-refractivity contribution in [3.8, 4) is 0 Å². The molecule has 1 aromatic heterocycles. The van der Waals surface area contributed by atoms with E-state index in [4.69, 9.17) is 5.73 Å². The summed E-state index contributed by atoms with van der Waals surface area (Å²) in [5.74, 6) is 0.904. The van der Waals surface area contributed by atoms with Gasteiger partial charge in [0.2, 0.25) is 5.91 Å². The largest absolute Gasteiger partial charge is 0.324 e. The molecule has 0 aromatic carbocycles. The molecule has 0 aliphatic rings. The van der Waals surface area contributed by atoms with E-state index in [2.05, 4.69) is 10.3 Å². The highest BCUT2D eigenvalue weighted by molar-refractivity contribution is 5.89. The van der Waals surface area contributed by atoms with Gasteiger partial charge in [-0.15, -0.1) is 12.4 Å². The molecule has 1 rings (SSSR count). The number of hydrogen-bond donors (Lipinski definition) is 2. The van der Waals surface area contributed by atoms with Crippen molar-refractivity contribution in [2.75, 3.05) is 5.32 Å². The highest BCUT2D eigenvalue weighted by atomic mass is 35.5. The van der Waals surface area contributed by atoms with Gasteiger partial charge in [-0.05, 0) is 30.5 Å². The molecule has 0 aliphatic heterocycles. The van der Waals surface area contributed by atoms with Crippen molar-refractivity contribution < 1.29 is 4.79 Å². The molecule has 1 heterocycles. The minimum Gasteiger partial charge on any atom is -0.324 e. The van der Waals surface area contributed by atoms with E-state index in [-0.39, 0.29) is 24.4 Å². The number of pyridine rings is 1. The third kappa shape index (κ3) is 5.65. The van der Waals surface area contributed by atoms with Gasteiger partial charge in [0.05, 0.1) is 0 Å². The Morgan fingerprint density at radius 3 is 2.65 bits per heavy atom. The minimum absolute atomic E-state index is 0. The second-order valence-corrected chi connectivity index (χ2v) is 4.41. The third-order valence-electron chi connectivity index (χ3n) is 2.17. The number of aromatic nitrogens is 1. The molecule has 17 heavy (non-hydrogen) atoms. The molecule has 5 heteroatoms. The maximum atomic E-state index is 11.5. The van der Waals surface area contributed by atoms with E-state index in [1.54, 1.807) is 6.20 Å². The van der Waals surface area contributed by atoms with Crippen molar-refractivity contribution in [1.82, 2.24) is 4.98 Å². The molecule has 1 atom stereocenters. The summed E-state index contributed by atoms with van der Waals surface area (Å²) in [4.78, 5) is 15.6. The molecular weight excluding hydrogens is 238 g/mol. The number of rotatable bonds is 4. The van der Waals surface area contributed by atoms with Crippen molar-refractivity contribution in [3.63, 3.8) is 0 Å². The molecule has 1 amide bonds. The first-order chi connectivity index (χ1) is 7.49. The fourth-order valence-corrected chi connectivity index (χ4v) is 1.36. The number of anilines is 1. The van der Waals surface area contributed by atoms with Crippen LogP contribution in [-0.4, -0.2) is 10.9 Å². The molecular formula is C12H20ClN3O. The summed E-state index contributed by atoms with van der Waals surface area (Å²) in [7, 11) is 0. The van der Waals surface area contributed by atoms with Gasteiger partial charge in [0, 0.05) is 18.7 Å². The lowest BCUT2D eigenvalue weighted by atomic mass is 10.1. The Morgan fingerprint density at radius 1 is 1.47 bits per heavy atom. The van der Waals surface area contributed by atoms with Crippen molar-refractivity contribution >= 4 is 24.1 Å². The first kappa shape index (κ1) is 15.9. The summed E-state index contributed by atoms with van der Waals surface area (Å²) in [6.45, 7) is 5.91. The van der Waals surface area contributed by atoms with Crippen LogP contribution in [0.25, 0.3) is 0 Å². The maximum Gasteiger partial charge on any atom is 0.225 e. The number of carbonyl (C=O) groups is 1. The number of hydrogen-bond acceptors (Lipinski definition) is 3. The SMILES string of the molecule is CC(C)CC(=O)Nc1cc(C(C)N)ccn1.Cl. The van der Waals surface area contributed by atoms with Crippen LogP contribution in [-0.2, 0) is 4.79 Å². The topological polar surface area (TPSA) is 68.0 Å². The van der Waals surface area contributed by atoms with Crippen LogP contribution < -0.4 is 11.1 Å². The van der Waals surface area contributed by atoms with Gasteiger partial charge in [-0.3, -0.25) is 4.79 Å². The summed E-state index contributed by atoms with van der Waals surface area (Å²) >= 11 is 0. The Bertz CT molecular complexity index is 367. The van der Waals surface area contributed by atoms with Gasteiger partial charge in [0.25, 0.3) is 0 Å². The fraction of sp³-hybridized carbons (Fsp3) is 0.500. The number of halogens is 1. The normalized spacial score (nSPS) is 11.8. The van der Waals surface area contributed by atoms with Crippen LogP contribution in [0.2, 0.25) is 0 Å². The van der Waals surface area contributed by atoms with Crippen LogP contribution in [0.15, 0.2) is 18.3 Å². The van der Waals surface area contributed by atoms with Crippen molar-refractivity contribution in [3.05, 3.63) is 23.9 Å². The van der Waals surface area contributed by atoms with Gasteiger partial charge < -0.3 is 11.1 Å². The fourth-order valence-electron chi connectivity index (χ4n) is 1.36. The Kier molecular flexibility index (Phi) is 6.76. The van der Waals surface area contributed by atoms with Gasteiger partial charge >= 0.3 is 0 Å². The highest BCUT2D eigenvalue weighted by Crippen LogP contribution is 2.13. The zero-order chi connectivity index (χ0) is 12.1. The quantitative estimate of drug-likeness (QED) is 0.871. The number of nitrogens with zero attached hydrogens (tertiary/aromatic N) is 1. The van der Waals surface area contributed by atoms with Crippen LogP contribution in [0.4, 0.5) is 5.82 Å². The van der Waals surface area contributed by atoms with E-state index in [9.17, 15) is 4.79 Å². The lowest BCUT2D eigenvalue weighted by molar-refractivity contribution is -0.116. The summed E-state index contributed by atoms with van der Waals surface area (Å²) in [6, 6.07) is 3.61. The minimum atomic E-state index is -0.0521. The summed E-state index contributed by atoms with van der Waals surface area (Å²) in [5.41, 5.74) is 6.72. The molecule has 0 aliphatic carbocycles. The first-order valence-electron chi connectivity index (χ1n) is 5.50. The predicted octanol–water partition coefficient (Wildman–Crippen LogP) is 2.51. The van der Waals surface area contributed by atoms with Gasteiger partial charge in [-0.25, -0.2) is 4.98 Å². The Labute approximate surface area is 108 Å². The first-order valence-corrected chi connectivity index (χ1v) is 5.50. The Hall–Kier alpha value is -1.13. The summed E-state index contributed by atoms with van der Waals surface area (Å²) in [5, 5.41) is 2.76.